The second-order valence-corrected chi connectivity index (χ2v) is 4.61. The third-order valence-electron chi connectivity index (χ3n) is 2.64. The molecule has 0 aliphatic carbocycles. The molecule has 0 aliphatic heterocycles. The Kier molecular flexibility index (Phi) is 3.12. The van der Waals surface area contributed by atoms with Crippen LogP contribution in [0, 0.1) is 6.92 Å². The summed E-state index contributed by atoms with van der Waals surface area (Å²) in [6, 6.07) is 2.86. The zero-order valence-corrected chi connectivity index (χ0v) is 9.61. The molecule has 1 rings (SSSR count). The number of aliphatic carboxylic acids is 1. The van der Waals surface area contributed by atoms with Crippen molar-refractivity contribution >= 4 is 5.97 Å². The largest absolute Gasteiger partial charge is 0.508 e. The van der Waals surface area contributed by atoms with Crippen molar-refractivity contribution < 1.29 is 20.1 Å². The fourth-order valence-corrected chi connectivity index (χ4v) is 1.70. The molecule has 1 aromatic rings. The maximum absolute atomic E-state index is 10.7. The maximum atomic E-state index is 10.7. The van der Waals surface area contributed by atoms with Crippen LogP contribution in [-0.2, 0) is 10.2 Å². The van der Waals surface area contributed by atoms with Crippen LogP contribution < -0.4 is 0 Å². The van der Waals surface area contributed by atoms with Gasteiger partial charge in [-0.25, -0.2) is 0 Å². The van der Waals surface area contributed by atoms with E-state index in [0.717, 1.165) is 0 Å². The summed E-state index contributed by atoms with van der Waals surface area (Å²) < 4.78 is 0. The molecule has 0 atom stereocenters. The minimum Gasteiger partial charge on any atom is -0.508 e. The third-order valence-corrected chi connectivity index (χ3v) is 2.64. The lowest BCUT2D eigenvalue weighted by atomic mass is 9.80. The number of benzene rings is 1. The molecule has 0 heterocycles. The predicted octanol–water partition coefficient (Wildman–Crippen LogP) is 2.16. The first-order valence-corrected chi connectivity index (χ1v) is 4.99. The van der Waals surface area contributed by atoms with Gasteiger partial charge in [-0.1, -0.05) is 13.8 Å². The lowest BCUT2D eigenvalue weighted by Gasteiger charge is -2.24. The van der Waals surface area contributed by atoms with Gasteiger partial charge in [-0.3, -0.25) is 4.79 Å². The normalized spacial score (nSPS) is 11.4. The highest BCUT2D eigenvalue weighted by Crippen LogP contribution is 2.37. The molecule has 1 aromatic carbocycles. The molecule has 0 amide bonds. The van der Waals surface area contributed by atoms with Crippen molar-refractivity contribution in [2.45, 2.75) is 32.6 Å². The average Bonchev–Trinajstić information content (AvgIpc) is 2.08. The molecular formula is C12H16O4. The summed E-state index contributed by atoms with van der Waals surface area (Å²) in [5.74, 6) is -0.864. The van der Waals surface area contributed by atoms with Crippen LogP contribution in [-0.4, -0.2) is 21.3 Å². The van der Waals surface area contributed by atoms with Gasteiger partial charge in [0.2, 0.25) is 0 Å². The lowest BCUT2D eigenvalue weighted by molar-refractivity contribution is -0.138. The van der Waals surface area contributed by atoms with E-state index in [1.54, 1.807) is 20.8 Å². The highest BCUT2D eigenvalue weighted by molar-refractivity contribution is 5.69. The number of phenolic OH excluding ortho intramolecular Hbond substituents is 2. The van der Waals surface area contributed by atoms with E-state index in [9.17, 15) is 15.0 Å². The Balaban J connectivity index is 3.22. The van der Waals surface area contributed by atoms with Crippen molar-refractivity contribution in [3.63, 3.8) is 0 Å². The summed E-state index contributed by atoms with van der Waals surface area (Å²) in [4.78, 5) is 10.7. The van der Waals surface area contributed by atoms with Crippen LogP contribution >= 0.6 is 0 Å². The Labute approximate surface area is 94.2 Å². The molecule has 4 nitrogen and oxygen atoms in total. The van der Waals surface area contributed by atoms with Crippen molar-refractivity contribution in [2.24, 2.45) is 0 Å². The topological polar surface area (TPSA) is 77.8 Å². The molecule has 0 radical (unpaired) electrons. The molecule has 0 saturated carbocycles. The molecule has 0 spiro atoms. The molecule has 0 saturated heterocycles. The number of hydrogen-bond acceptors (Lipinski definition) is 3. The van der Waals surface area contributed by atoms with Crippen LogP contribution in [0.25, 0.3) is 0 Å². The summed E-state index contributed by atoms with van der Waals surface area (Å²) in [5, 5.41) is 28.1. The maximum Gasteiger partial charge on any atom is 0.304 e. The molecule has 88 valence electrons. The van der Waals surface area contributed by atoms with Gasteiger partial charge in [-0.05, 0) is 24.6 Å². The number of hydrogen-bond donors (Lipinski definition) is 3. The Morgan fingerprint density at radius 2 is 1.81 bits per heavy atom. The minimum absolute atomic E-state index is 0.0153. The quantitative estimate of drug-likeness (QED) is 0.687. The number of phenols is 2. The molecule has 16 heavy (non-hydrogen) atoms. The van der Waals surface area contributed by atoms with E-state index >= 15 is 0 Å². The number of aromatic hydroxyl groups is 2. The third kappa shape index (κ3) is 2.45. The molecule has 0 unspecified atom stereocenters. The summed E-state index contributed by atoms with van der Waals surface area (Å²) in [6.07, 6.45) is -0.108. The van der Waals surface area contributed by atoms with Gasteiger partial charge >= 0.3 is 5.97 Å². The zero-order chi connectivity index (χ0) is 12.5. The highest BCUT2D eigenvalue weighted by atomic mass is 16.4. The molecule has 4 heteroatoms. The summed E-state index contributed by atoms with van der Waals surface area (Å²) in [7, 11) is 0. The van der Waals surface area contributed by atoms with Crippen LogP contribution in [0.2, 0.25) is 0 Å². The van der Waals surface area contributed by atoms with Crippen LogP contribution in [0.4, 0.5) is 0 Å². The van der Waals surface area contributed by atoms with Crippen molar-refractivity contribution in [1.29, 1.82) is 0 Å². The first-order chi connectivity index (χ1) is 7.24. The van der Waals surface area contributed by atoms with E-state index in [1.807, 2.05) is 0 Å². The summed E-state index contributed by atoms with van der Waals surface area (Å²) in [5.41, 5.74) is 0.284. The number of carbonyl (C=O) groups is 1. The van der Waals surface area contributed by atoms with E-state index in [4.69, 9.17) is 5.11 Å². The van der Waals surface area contributed by atoms with Gasteiger partial charge < -0.3 is 15.3 Å². The molecule has 0 bridgehead atoms. The molecule has 0 aliphatic rings. The first-order valence-electron chi connectivity index (χ1n) is 4.99. The smallest absolute Gasteiger partial charge is 0.304 e. The van der Waals surface area contributed by atoms with E-state index in [0.29, 0.717) is 11.1 Å². The second kappa shape index (κ2) is 4.04. The standard InChI is InChI=1S/C12H16O4/c1-7-4-10(14)8(5-9(7)13)12(2,3)6-11(15)16/h4-5,13-14H,6H2,1-3H3,(H,15,16). The van der Waals surface area contributed by atoms with Gasteiger partial charge in [-0.2, -0.15) is 0 Å². The van der Waals surface area contributed by atoms with Crippen molar-refractivity contribution in [3.05, 3.63) is 23.3 Å². The van der Waals surface area contributed by atoms with Crippen molar-refractivity contribution in [3.8, 4) is 11.5 Å². The van der Waals surface area contributed by atoms with Gasteiger partial charge in [0.05, 0.1) is 6.42 Å². The predicted molar refractivity (Wildman–Crippen MR) is 59.8 cm³/mol. The van der Waals surface area contributed by atoms with E-state index in [1.165, 1.54) is 12.1 Å². The van der Waals surface area contributed by atoms with Gasteiger partial charge in [0, 0.05) is 11.0 Å². The fraction of sp³-hybridized carbons (Fsp3) is 0.417. The van der Waals surface area contributed by atoms with Gasteiger partial charge in [0.25, 0.3) is 0 Å². The summed E-state index contributed by atoms with van der Waals surface area (Å²) >= 11 is 0. The van der Waals surface area contributed by atoms with E-state index in [2.05, 4.69) is 0 Å². The Bertz CT molecular complexity index is 421. The highest BCUT2D eigenvalue weighted by Gasteiger charge is 2.27. The van der Waals surface area contributed by atoms with Crippen LogP contribution in [0.15, 0.2) is 12.1 Å². The minimum atomic E-state index is -0.940. The Morgan fingerprint density at radius 3 is 2.31 bits per heavy atom. The van der Waals surface area contributed by atoms with E-state index < -0.39 is 11.4 Å². The number of carboxylic acid groups (broad SMARTS) is 1. The molecular weight excluding hydrogens is 208 g/mol. The first kappa shape index (κ1) is 12.4. The SMILES string of the molecule is Cc1cc(O)c(C(C)(C)CC(=O)O)cc1O. The number of rotatable bonds is 3. The van der Waals surface area contributed by atoms with Gasteiger partial charge in [-0.15, -0.1) is 0 Å². The fourth-order valence-electron chi connectivity index (χ4n) is 1.70. The Morgan fingerprint density at radius 1 is 1.25 bits per heavy atom. The number of aryl methyl sites for hydroxylation is 1. The molecule has 0 aromatic heterocycles. The van der Waals surface area contributed by atoms with Crippen molar-refractivity contribution in [2.75, 3.05) is 0 Å². The van der Waals surface area contributed by atoms with Crippen LogP contribution in [0.3, 0.4) is 0 Å². The van der Waals surface area contributed by atoms with E-state index in [-0.39, 0.29) is 17.9 Å². The summed E-state index contributed by atoms with van der Waals surface area (Å²) in [6.45, 7) is 5.10. The molecule has 0 fully saturated rings. The van der Waals surface area contributed by atoms with Gasteiger partial charge in [0.1, 0.15) is 11.5 Å². The monoisotopic (exact) mass is 224 g/mol. The van der Waals surface area contributed by atoms with Crippen LogP contribution in [0.5, 0.6) is 11.5 Å². The van der Waals surface area contributed by atoms with Crippen LogP contribution in [0.1, 0.15) is 31.4 Å². The van der Waals surface area contributed by atoms with Crippen molar-refractivity contribution in [1.82, 2.24) is 0 Å². The molecule has 3 N–H and O–H groups in total. The van der Waals surface area contributed by atoms with Gasteiger partial charge in [0.15, 0.2) is 0 Å². The second-order valence-electron chi connectivity index (χ2n) is 4.61. The lowest BCUT2D eigenvalue weighted by Crippen LogP contribution is -2.21. The zero-order valence-electron chi connectivity index (χ0n) is 9.61. The number of carboxylic acids is 1. The Hall–Kier alpha value is -1.71. The average molecular weight is 224 g/mol.